The Morgan fingerprint density at radius 2 is 2.10 bits per heavy atom. The van der Waals surface area contributed by atoms with Crippen LogP contribution < -0.4 is 10.9 Å². The van der Waals surface area contributed by atoms with Gasteiger partial charge in [-0.25, -0.2) is 17.7 Å². The van der Waals surface area contributed by atoms with Crippen molar-refractivity contribution in [3.63, 3.8) is 0 Å². The largest absolute Gasteiger partial charge is 0.388 e. The highest BCUT2D eigenvalue weighted by atomic mass is 32.2. The number of aliphatic hydroxyl groups is 1. The second kappa shape index (κ2) is 7.58. The van der Waals surface area contributed by atoms with Crippen LogP contribution in [0.1, 0.15) is 58.8 Å². The van der Waals surface area contributed by atoms with Gasteiger partial charge in [0.25, 0.3) is 5.56 Å². The van der Waals surface area contributed by atoms with Crippen molar-refractivity contribution in [2.24, 2.45) is 0 Å². The zero-order valence-corrected chi connectivity index (χ0v) is 17.4. The quantitative estimate of drug-likeness (QED) is 0.737. The summed E-state index contributed by atoms with van der Waals surface area (Å²) in [6.07, 6.45) is 3.93. The predicted octanol–water partition coefficient (Wildman–Crippen LogP) is 1.41. The molecule has 2 atom stereocenters. The third kappa shape index (κ3) is 3.95. The first-order chi connectivity index (χ1) is 16.5. The van der Waals surface area contributed by atoms with Crippen molar-refractivity contribution in [3.05, 3.63) is 28.2 Å². The molecular weight excluding hydrogens is 406 g/mol. The van der Waals surface area contributed by atoms with Gasteiger partial charge in [0.2, 0.25) is 16.0 Å². The zero-order valence-electron chi connectivity index (χ0n) is 22.6. The summed E-state index contributed by atoms with van der Waals surface area (Å²) in [5.74, 6) is 0.130. The number of fused-ring (bicyclic) bond motifs is 1. The van der Waals surface area contributed by atoms with Crippen LogP contribution in [-0.4, -0.2) is 63.4 Å². The molecule has 2 fully saturated rings. The van der Waals surface area contributed by atoms with Gasteiger partial charge in [-0.3, -0.25) is 9.36 Å². The number of rotatable bonds is 4. The summed E-state index contributed by atoms with van der Waals surface area (Å²) in [5.41, 5.74) is -3.64. The van der Waals surface area contributed by atoms with E-state index in [1.165, 1.54) is 16.6 Å². The number of sulfonamides is 1. The highest BCUT2D eigenvalue weighted by molar-refractivity contribution is 7.88. The maximum Gasteiger partial charge on any atom is 0.255 e. The summed E-state index contributed by atoms with van der Waals surface area (Å²) >= 11 is 0. The third-order valence-electron chi connectivity index (χ3n) is 5.93. The minimum Gasteiger partial charge on any atom is -0.388 e. The van der Waals surface area contributed by atoms with Crippen molar-refractivity contribution < 1.29 is 21.7 Å². The molecule has 1 saturated carbocycles. The summed E-state index contributed by atoms with van der Waals surface area (Å²) in [7, 11) is -3.29. The minimum atomic E-state index is -3.29. The van der Waals surface area contributed by atoms with Crippen molar-refractivity contribution in [3.8, 4) is 0 Å². The molecule has 30 heavy (non-hydrogen) atoms. The molecule has 0 aromatic carbocycles. The van der Waals surface area contributed by atoms with E-state index in [1.54, 1.807) is 0 Å². The van der Waals surface area contributed by atoms with Crippen molar-refractivity contribution in [1.82, 2.24) is 18.8 Å². The summed E-state index contributed by atoms with van der Waals surface area (Å²) in [6.45, 7) is -4.93. The van der Waals surface area contributed by atoms with Gasteiger partial charge >= 0.3 is 0 Å². The Hall–Kier alpha value is -2.04. The third-order valence-corrected chi connectivity index (χ3v) is 7.23. The van der Waals surface area contributed by atoms with Gasteiger partial charge in [0.05, 0.1) is 17.9 Å². The first kappa shape index (κ1) is 14.9. The first-order valence-corrected chi connectivity index (χ1v) is 11.7. The predicted molar refractivity (Wildman–Crippen MR) is 115 cm³/mol. The minimum absolute atomic E-state index is 0.0219. The Morgan fingerprint density at radius 1 is 1.33 bits per heavy atom. The lowest BCUT2D eigenvalue weighted by Gasteiger charge is -2.31. The number of pyridine rings is 1. The van der Waals surface area contributed by atoms with Crippen LogP contribution in [0.4, 0.5) is 5.95 Å². The maximum atomic E-state index is 13.4. The number of hydrogen-bond donors (Lipinski definition) is 2. The molecule has 164 valence electrons. The molecule has 2 aromatic rings. The van der Waals surface area contributed by atoms with Crippen LogP contribution in [0.25, 0.3) is 11.0 Å². The van der Waals surface area contributed by atoms with Gasteiger partial charge < -0.3 is 10.4 Å². The Labute approximate surface area is 184 Å². The molecular formula is C20H29N5O4S. The Bertz CT molecular complexity index is 1320. The Kier molecular flexibility index (Phi) is 3.76. The van der Waals surface area contributed by atoms with Gasteiger partial charge in [-0.05, 0) is 51.9 Å². The zero-order chi connectivity index (χ0) is 26.7. The van der Waals surface area contributed by atoms with Crippen LogP contribution in [0.2, 0.25) is 0 Å². The molecule has 0 spiro atoms. The van der Waals surface area contributed by atoms with Crippen molar-refractivity contribution in [2.75, 3.05) is 24.7 Å². The molecule has 0 bridgehead atoms. The molecule has 4 rings (SSSR count). The lowest BCUT2D eigenvalue weighted by Crippen LogP contribution is -2.42. The molecule has 1 aliphatic carbocycles. The van der Waals surface area contributed by atoms with E-state index < -0.39 is 46.5 Å². The molecule has 10 heteroatoms. The highest BCUT2D eigenvalue weighted by Gasteiger charge is 2.39. The van der Waals surface area contributed by atoms with Gasteiger partial charge in [-0.1, -0.05) is 0 Å². The van der Waals surface area contributed by atoms with Gasteiger partial charge in [0.1, 0.15) is 5.65 Å². The molecule has 9 nitrogen and oxygen atoms in total. The molecule has 2 N–H and O–H groups in total. The van der Waals surface area contributed by atoms with E-state index in [-0.39, 0.29) is 35.9 Å². The van der Waals surface area contributed by atoms with Crippen LogP contribution in [0, 0.1) is 6.85 Å². The molecule has 1 aliphatic heterocycles. The number of nitrogens with zero attached hydrogens (tertiary/aromatic N) is 4. The second-order valence-electron chi connectivity index (χ2n) is 8.12. The molecule has 3 heterocycles. The SMILES string of the molecule is [2H]C([2H])([2H])c1cc2cnc(NC3CCN(S(C)(=O)=O)CC3)nc2n([C@H]2CCC[C@@]2(O)C([2H])([2H])[2H])c1=O. The van der Waals surface area contributed by atoms with Crippen molar-refractivity contribution in [1.29, 1.82) is 0 Å². The number of hydrogen-bond acceptors (Lipinski definition) is 7. The highest BCUT2D eigenvalue weighted by Crippen LogP contribution is 2.39. The number of nitrogens with one attached hydrogen (secondary N) is 1. The summed E-state index contributed by atoms with van der Waals surface area (Å²) in [6, 6.07) is -0.171. The van der Waals surface area contributed by atoms with Crippen molar-refractivity contribution in [2.45, 2.75) is 63.5 Å². The van der Waals surface area contributed by atoms with Gasteiger partial charge in [-0.15, -0.1) is 0 Å². The fourth-order valence-corrected chi connectivity index (χ4v) is 5.18. The van der Waals surface area contributed by atoms with E-state index in [4.69, 9.17) is 8.22 Å². The van der Waals surface area contributed by atoms with E-state index in [0.29, 0.717) is 32.4 Å². The number of aromatic nitrogens is 3. The van der Waals surface area contributed by atoms with Crippen LogP contribution in [0.15, 0.2) is 17.1 Å². The maximum absolute atomic E-state index is 13.4. The molecule has 0 unspecified atom stereocenters. The van der Waals surface area contributed by atoms with Gasteiger partial charge in [-0.2, -0.15) is 4.98 Å². The van der Waals surface area contributed by atoms with E-state index in [2.05, 4.69) is 15.3 Å². The monoisotopic (exact) mass is 441 g/mol. The van der Waals surface area contributed by atoms with Gasteiger partial charge in [0.15, 0.2) is 0 Å². The number of piperidine rings is 1. The molecule has 0 radical (unpaired) electrons. The fraction of sp³-hybridized carbons (Fsp3) is 0.650. The lowest BCUT2D eigenvalue weighted by molar-refractivity contribution is 0.0266. The van der Waals surface area contributed by atoms with E-state index in [9.17, 15) is 18.3 Å². The smallest absolute Gasteiger partial charge is 0.255 e. The van der Waals surface area contributed by atoms with Crippen LogP contribution >= 0.6 is 0 Å². The Morgan fingerprint density at radius 3 is 2.77 bits per heavy atom. The average Bonchev–Trinajstić information content (AvgIpc) is 3.15. The van der Waals surface area contributed by atoms with Crippen LogP contribution in [-0.2, 0) is 10.0 Å². The van der Waals surface area contributed by atoms with E-state index in [0.717, 1.165) is 10.8 Å². The summed E-state index contributed by atoms with van der Waals surface area (Å²) in [5, 5.41) is 14.5. The van der Waals surface area contributed by atoms with Crippen molar-refractivity contribution >= 4 is 27.0 Å². The lowest BCUT2D eigenvalue weighted by atomic mass is 9.99. The van der Waals surface area contributed by atoms with Crippen LogP contribution in [0.3, 0.4) is 0 Å². The van der Waals surface area contributed by atoms with Gasteiger partial charge in [0, 0.05) is 44.5 Å². The average molecular weight is 442 g/mol. The first-order valence-electron chi connectivity index (χ1n) is 12.9. The molecule has 2 aliphatic rings. The van der Waals surface area contributed by atoms with E-state index in [1.807, 2.05) is 0 Å². The normalized spacial score (nSPS) is 30.1. The standard InChI is InChI=1S/C20H29N5O4S/c1-13-11-14-12-21-19(22-15-6-9-24(10-7-15)30(3,28)29)23-17(14)25(18(13)26)16-5-4-8-20(16,2)27/h11-12,15-16,27H,4-10H2,1-3H3,(H,21,22,23)/t16-,20-/m0/s1/i1D3,2D3. The van der Waals surface area contributed by atoms with E-state index >= 15 is 0 Å². The number of aryl methyl sites for hydroxylation is 1. The molecule has 1 saturated heterocycles. The molecule has 0 amide bonds. The fourth-order valence-electron chi connectivity index (χ4n) is 4.31. The summed E-state index contributed by atoms with van der Waals surface area (Å²) in [4.78, 5) is 22.1. The summed E-state index contributed by atoms with van der Waals surface area (Å²) < 4.78 is 73.0. The van der Waals surface area contributed by atoms with Crippen LogP contribution in [0.5, 0.6) is 0 Å². The number of anilines is 1. The second-order valence-corrected chi connectivity index (χ2v) is 10.1. The Balaban J connectivity index is 1.78. The topological polar surface area (TPSA) is 117 Å². The molecule has 2 aromatic heterocycles.